The summed E-state index contributed by atoms with van der Waals surface area (Å²) in [6.07, 6.45) is -5.73. The van der Waals surface area contributed by atoms with Gasteiger partial charge in [0.15, 0.2) is 23.9 Å². The molecule has 0 radical (unpaired) electrons. The van der Waals surface area contributed by atoms with E-state index in [9.17, 15) is 24.9 Å². The van der Waals surface area contributed by atoms with Crippen LogP contribution in [0.2, 0.25) is 5.28 Å². The van der Waals surface area contributed by atoms with Crippen LogP contribution in [0.5, 0.6) is 0 Å². The minimum atomic E-state index is -2.70. The molecule has 1 aliphatic rings. The summed E-state index contributed by atoms with van der Waals surface area (Å²) in [4.78, 5) is 52.0. The highest BCUT2D eigenvalue weighted by Crippen LogP contribution is 2.35. The second-order valence-electron chi connectivity index (χ2n) is 8.20. The number of alkyl halides is 1. The zero-order valence-electron chi connectivity index (χ0n) is 19.5. The number of aryl methyl sites for hydroxylation is 1. The first-order valence-corrected chi connectivity index (χ1v) is 11.1. The molecule has 38 heavy (non-hydrogen) atoms. The van der Waals surface area contributed by atoms with Gasteiger partial charge in [-0.2, -0.15) is 19.6 Å². The fourth-order valence-corrected chi connectivity index (χ4v) is 3.97. The molecule has 3 heterocycles. The van der Waals surface area contributed by atoms with Crippen LogP contribution >= 0.6 is 11.6 Å². The van der Waals surface area contributed by atoms with Gasteiger partial charge in [-0.1, -0.05) is 29.8 Å². The second kappa shape index (κ2) is 11.6. The van der Waals surface area contributed by atoms with Crippen LogP contribution in [0.25, 0.3) is 11.2 Å². The van der Waals surface area contributed by atoms with Gasteiger partial charge in [0.25, 0.3) is 5.60 Å². The number of carbonyl (C=O) groups is 2. The smallest absolute Gasteiger partial charge is 0.373 e. The molecule has 16 heteroatoms. The van der Waals surface area contributed by atoms with Gasteiger partial charge in [0.05, 0.1) is 12.9 Å². The Kier molecular flexibility index (Phi) is 8.70. The van der Waals surface area contributed by atoms with E-state index >= 15 is 4.39 Å². The van der Waals surface area contributed by atoms with Crippen molar-refractivity contribution in [2.75, 3.05) is 12.3 Å². The molecule has 4 rings (SSSR count). The number of hydrogen-bond donors (Lipinski definition) is 4. The third-order valence-corrected chi connectivity index (χ3v) is 5.92. The highest BCUT2D eigenvalue weighted by molar-refractivity contribution is 6.28. The van der Waals surface area contributed by atoms with E-state index in [1.807, 2.05) is 6.92 Å². The topological polar surface area (TPSA) is 217 Å². The van der Waals surface area contributed by atoms with Crippen molar-refractivity contribution in [3.63, 3.8) is 0 Å². The molecule has 1 aliphatic heterocycles. The van der Waals surface area contributed by atoms with Gasteiger partial charge < -0.3 is 30.5 Å². The number of carboxylic acids is 2. The number of imidazole rings is 1. The lowest BCUT2D eigenvalue weighted by molar-refractivity contribution is -0.192. The first-order chi connectivity index (χ1) is 17.9. The SMILES string of the molecule is Cc1ccc(CC(OC[C@H]2O[C@@H](n3cnc4c(N)nc(Cl)nc43)[C@@H](F)[C@@H]2O)(C(=O)O)C(=O)O)cc1.O=C=O. The molecule has 5 N–H and O–H groups in total. The Balaban J connectivity index is 0.00000127. The van der Waals surface area contributed by atoms with Crippen LogP contribution in [-0.2, 0) is 35.1 Å². The van der Waals surface area contributed by atoms with Crippen molar-refractivity contribution in [1.82, 2.24) is 19.5 Å². The predicted octanol–water partition coefficient (Wildman–Crippen LogP) is 0.551. The Bertz CT molecular complexity index is 1350. The average Bonchev–Trinajstić information content (AvgIpc) is 3.39. The molecule has 1 saturated heterocycles. The number of aliphatic carboxylic acids is 2. The minimum absolute atomic E-state index is 0.0450. The van der Waals surface area contributed by atoms with Crippen molar-refractivity contribution in [3.05, 3.63) is 47.0 Å². The van der Waals surface area contributed by atoms with Crippen LogP contribution in [0.4, 0.5) is 10.2 Å². The van der Waals surface area contributed by atoms with Crippen molar-refractivity contribution < 1.29 is 48.4 Å². The van der Waals surface area contributed by atoms with E-state index in [4.69, 9.17) is 36.4 Å². The summed E-state index contributed by atoms with van der Waals surface area (Å²) in [5, 5.41) is 29.7. The van der Waals surface area contributed by atoms with Gasteiger partial charge in [0.1, 0.15) is 17.7 Å². The number of nitrogens with zero attached hydrogens (tertiary/aromatic N) is 4. The maximum absolute atomic E-state index is 15.0. The molecule has 14 nitrogen and oxygen atoms in total. The van der Waals surface area contributed by atoms with Crippen molar-refractivity contribution in [3.8, 4) is 0 Å². The van der Waals surface area contributed by atoms with Crippen molar-refractivity contribution in [2.45, 2.75) is 43.6 Å². The molecule has 202 valence electrons. The van der Waals surface area contributed by atoms with E-state index < -0.39 is 55.2 Å². The second-order valence-corrected chi connectivity index (χ2v) is 8.53. The van der Waals surface area contributed by atoms with Crippen LogP contribution in [0, 0.1) is 6.92 Å². The summed E-state index contributed by atoms with van der Waals surface area (Å²) in [6, 6.07) is 6.56. The van der Waals surface area contributed by atoms with E-state index in [0.717, 1.165) is 10.1 Å². The number of rotatable bonds is 8. The van der Waals surface area contributed by atoms with Crippen molar-refractivity contribution in [2.24, 2.45) is 0 Å². The Morgan fingerprint density at radius 3 is 2.42 bits per heavy atom. The number of anilines is 1. The number of ether oxygens (including phenoxy) is 2. The van der Waals surface area contributed by atoms with Crippen LogP contribution < -0.4 is 5.73 Å². The lowest BCUT2D eigenvalue weighted by Crippen LogP contribution is -2.52. The molecule has 1 fully saturated rings. The number of benzene rings is 1. The summed E-state index contributed by atoms with van der Waals surface area (Å²) in [7, 11) is 0. The van der Waals surface area contributed by atoms with Crippen molar-refractivity contribution in [1.29, 1.82) is 0 Å². The largest absolute Gasteiger partial charge is 0.479 e. The maximum Gasteiger partial charge on any atom is 0.373 e. The normalized spacial score (nSPS) is 20.9. The molecule has 3 aromatic rings. The number of nitrogen functional groups attached to an aromatic ring is 1. The molecular weight excluding hydrogens is 533 g/mol. The summed E-state index contributed by atoms with van der Waals surface area (Å²) >= 11 is 5.83. The molecule has 0 amide bonds. The molecule has 4 atom stereocenters. The summed E-state index contributed by atoms with van der Waals surface area (Å²) in [5.41, 5.74) is 4.54. The molecule has 0 aliphatic carbocycles. The van der Waals surface area contributed by atoms with Crippen molar-refractivity contribution >= 4 is 46.7 Å². The van der Waals surface area contributed by atoms with Crippen LogP contribution in [-0.4, -0.2) is 83.5 Å². The molecular formula is C22H21ClFN5O9. The van der Waals surface area contributed by atoms with E-state index in [1.54, 1.807) is 24.3 Å². The number of nitrogens with two attached hydrogens (primary N) is 1. The first-order valence-electron chi connectivity index (χ1n) is 10.7. The van der Waals surface area contributed by atoms with Gasteiger partial charge in [0, 0.05) is 6.42 Å². The standard InChI is InChI=1S/C21H21ClFN5O7.CO2/c1-9-2-4-10(5-3-9)6-21(18(30)31,19(32)33)34-7-11-14(29)12(23)17(35-11)28-8-25-13-15(24)26-20(22)27-16(13)28;2-1-3/h2-5,8,11-12,14,17,29H,6-7H2,1H3,(H,30,31)(H,32,33)(H2,24,26,27);/t11-,12+,14-,17-;/m1./s1. The Morgan fingerprint density at radius 1 is 1.24 bits per heavy atom. The first kappa shape index (κ1) is 28.6. The molecule has 0 spiro atoms. The number of aliphatic hydroxyl groups is 1. The predicted molar refractivity (Wildman–Crippen MR) is 123 cm³/mol. The third kappa shape index (κ3) is 5.61. The summed E-state index contributed by atoms with van der Waals surface area (Å²) in [6.45, 7) is 1.09. The van der Waals surface area contributed by atoms with E-state index in [-0.39, 0.29) is 28.4 Å². The highest BCUT2D eigenvalue weighted by Gasteiger charge is 2.52. The molecule has 1 aromatic carbocycles. The zero-order valence-corrected chi connectivity index (χ0v) is 20.3. The number of fused-ring (bicyclic) bond motifs is 1. The summed E-state index contributed by atoms with van der Waals surface area (Å²) < 4.78 is 27.1. The third-order valence-electron chi connectivity index (χ3n) is 5.75. The van der Waals surface area contributed by atoms with Gasteiger partial charge in [-0.15, -0.1) is 0 Å². The molecule has 2 aromatic heterocycles. The van der Waals surface area contributed by atoms with Gasteiger partial charge in [-0.25, -0.2) is 19.0 Å². The number of aromatic nitrogens is 4. The van der Waals surface area contributed by atoms with Crippen LogP contribution in [0.3, 0.4) is 0 Å². The fraction of sp³-hybridized carbons (Fsp3) is 0.364. The maximum atomic E-state index is 15.0. The number of carbonyl (C=O) groups excluding carboxylic acids is 2. The molecule has 0 saturated carbocycles. The lowest BCUT2D eigenvalue weighted by Gasteiger charge is -2.27. The Labute approximate surface area is 217 Å². The number of hydrogen-bond acceptors (Lipinski definition) is 11. The monoisotopic (exact) mass is 553 g/mol. The summed E-state index contributed by atoms with van der Waals surface area (Å²) in [5.74, 6) is -3.56. The Hall–Kier alpha value is -4.01. The highest BCUT2D eigenvalue weighted by atomic mass is 35.5. The van der Waals surface area contributed by atoms with Gasteiger partial charge >= 0.3 is 18.1 Å². The van der Waals surface area contributed by atoms with Crippen LogP contribution in [0.1, 0.15) is 17.4 Å². The lowest BCUT2D eigenvalue weighted by atomic mass is 9.93. The van der Waals surface area contributed by atoms with E-state index in [1.165, 1.54) is 6.33 Å². The molecule has 0 unspecified atom stereocenters. The molecule has 0 bridgehead atoms. The quantitative estimate of drug-likeness (QED) is 0.221. The number of halogens is 2. The Morgan fingerprint density at radius 2 is 1.84 bits per heavy atom. The fourth-order valence-electron chi connectivity index (χ4n) is 3.80. The van der Waals surface area contributed by atoms with Gasteiger partial charge in [-0.05, 0) is 24.1 Å². The van der Waals surface area contributed by atoms with Gasteiger partial charge in [0.2, 0.25) is 5.28 Å². The van der Waals surface area contributed by atoms with E-state index in [2.05, 4.69) is 15.0 Å². The van der Waals surface area contributed by atoms with Crippen LogP contribution in [0.15, 0.2) is 30.6 Å². The van der Waals surface area contributed by atoms with E-state index in [0.29, 0.717) is 5.56 Å². The zero-order chi connectivity index (χ0) is 28.2. The minimum Gasteiger partial charge on any atom is -0.479 e. The van der Waals surface area contributed by atoms with Gasteiger partial charge in [-0.3, -0.25) is 4.57 Å². The number of aliphatic hydroxyl groups excluding tert-OH is 1. The number of carboxylic acid groups (broad SMARTS) is 2. The average molecular weight is 554 g/mol.